The first-order valence-corrected chi connectivity index (χ1v) is 8.81. The van der Waals surface area contributed by atoms with Gasteiger partial charge in [-0.25, -0.2) is 0 Å². The normalized spacial score (nSPS) is 22.3. The highest BCUT2D eigenvalue weighted by atomic mass is 16.5. The summed E-state index contributed by atoms with van der Waals surface area (Å²) in [5, 5.41) is 5.61. The van der Waals surface area contributed by atoms with Gasteiger partial charge < -0.3 is 15.4 Å². The van der Waals surface area contributed by atoms with Crippen molar-refractivity contribution < 1.29 is 14.3 Å². The SMILES string of the molecule is Cc1cccc(C)c1NC(=O)CNC(=O)[C@@H](C)N1C[C@@H](C)O[C@@H](C)C1. The molecule has 1 saturated heterocycles. The average Bonchev–Trinajstić information content (AvgIpc) is 2.54. The van der Waals surface area contributed by atoms with E-state index in [1.54, 1.807) is 0 Å². The summed E-state index contributed by atoms with van der Waals surface area (Å²) in [6.45, 7) is 11.2. The van der Waals surface area contributed by atoms with Crippen molar-refractivity contribution in [2.45, 2.75) is 52.9 Å². The Kier molecular flexibility index (Phi) is 6.56. The average molecular weight is 347 g/mol. The second-order valence-electron chi connectivity index (χ2n) is 6.92. The molecule has 0 radical (unpaired) electrons. The van der Waals surface area contributed by atoms with Gasteiger partial charge in [-0.3, -0.25) is 14.5 Å². The predicted octanol–water partition coefficient (Wildman–Crippen LogP) is 1.86. The first-order chi connectivity index (χ1) is 11.8. The number of nitrogens with one attached hydrogen (secondary N) is 2. The van der Waals surface area contributed by atoms with E-state index in [1.807, 2.05) is 52.8 Å². The monoisotopic (exact) mass is 347 g/mol. The van der Waals surface area contributed by atoms with E-state index in [0.29, 0.717) is 13.1 Å². The Morgan fingerprint density at radius 1 is 1.20 bits per heavy atom. The number of ether oxygens (including phenoxy) is 1. The second kappa shape index (κ2) is 8.45. The minimum Gasteiger partial charge on any atom is -0.373 e. The third kappa shape index (κ3) is 5.28. The van der Waals surface area contributed by atoms with E-state index in [0.717, 1.165) is 16.8 Å². The molecule has 2 amide bonds. The molecule has 1 aliphatic heterocycles. The summed E-state index contributed by atoms with van der Waals surface area (Å²) in [7, 11) is 0. The Labute approximate surface area is 149 Å². The fourth-order valence-corrected chi connectivity index (χ4v) is 3.21. The fourth-order valence-electron chi connectivity index (χ4n) is 3.21. The zero-order chi connectivity index (χ0) is 18.6. The van der Waals surface area contributed by atoms with Gasteiger partial charge in [0.2, 0.25) is 11.8 Å². The van der Waals surface area contributed by atoms with Crippen LogP contribution < -0.4 is 10.6 Å². The van der Waals surface area contributed by atoms with Gasteiger partial charge in [-0.2, -0.15) is 0 Å². The van der Waals surface area contributed by atoms with Gasteiger partial charge >= 0.3 is 0 Å². The van der Waals surface area contributed by atoms with Crippen LogP contribution in [0.2, 0.25) is 0 Å². The van der Waals surface area contributed by atoms with Gasteiger partial charge in [0, 0.05) is 18.8 Å². The van der Waals surface area contributed by atoms with Crippen LogP contribution in [0.15, 0.2) is 18.2 Å². The lowest BCUT2D eigenvalue weighted by Gasteiger charge is -2.38. The van der Waals surface area contributed by atoms with Gasteiger partial charge in [0.1, 0.15) is 0 Å². The number of aryl methyl sites for hydroxylation is 2. The van der Waals surface area contributed by atoms with Crippen LogP contribution in [0, 0.1) is 13.8 Å². The summed E-state index contributed by atoms with van der Waals surface area (Å²) in [5.74, 6) is -0.361. The molecule has 2 N–H and O–H groups in total. The number of para-hydroxylation sites is 1. The van der Waals surface area contributed by atoms with Gasteiger partial charge in [-0.05, 0) is 45.7 Å². The number of amides is 2. The third-order valence-electron chi connectivity index (χ3n) is 4.54. The van der Waals surface area contributed by atoms with Crippen LogP contribution in [-0.4, -0.2) is 54.6 Å². The molecule has 3 atom stereocenters. The minimum atomic E-state index is -0.290. The second-order valence-corrected chi connectivity index (χ2v) is 6.92. The molecule has 0 saturated carbocycles. The topological polar surface area (TPSA) is 70.7 Å². The molecule has 0 aromatic heterocycles. The largest absolute Gasteiger partial charge is 0.373 e. The maximum absolute atomic E-state index is 12.4. The van der Waals surface area contributed by atoms with Crippen molar-refractivity contribution in [3.05, 3.63) is 29.3 Å². The van der Waals surface area contributed by atoms with Crippen molar-refractivity contribution in [1.82, 2.24) is 10.2 Å². The molecule has 1 heterocycles. The summed E-state index contributed by atoms with van der Waals surface area (Å²) in [5.41, 5.74) is 2.82. The zero-order valence-corrected chi connectivity index (χ0v) is 15.8. The van der Waals surface area contributed by atoms with Gasteiger partial charge in [-0.1, -0.05) is 18.2 Å². The van der Waals surface area contributed by atoms with Crippen molar-refractivity contribution >= 4 is 17.5 Å². The molecule has 138 valence electrons. The Morgan fingerprint density at radius 2 is 1.76 bits per heavy atom. The van der Waals surface area contributed by atoms with Crippen LogP contribution in [0.5, 0.6) is 0 Å². The number of nitrogens with zero attached hydrogens (tertiary/aromatic N) is 1. The minimum absolute atomic E-state index is 0.0353. The summed E-state index contributed by atoms with van der Waals surface area (Å²) in [6.07, 6.45) is 0.206. The smallest absolute Gasteiger partial charge is 0.243 e. The molecule has 0 unspecified atom stereocenters. The Balaban J connectivity index is 1.85. The number of morpholine rings is 1. The lowest BCUT2D eigenvalue weighted by molar-refractivity contribution is -0.133. The Bertz CT molecular complexity index is 602. The quantitative estimate of drug-likeness (QED) is 0.853. The standard InChI is InChI=1S/C19H29N3O3/c1-12-7-6-8-13(2)18(12)21-17(23)9-20-19(24)16(5)22-10-14(3)25-15(4)11-22/h6-8,14-16H,9-11H2,1-5H3,(H,20,24)(H,21,23)/t14-,15+,16-/m1/s1. The lowest BCUT2D eigenvalue weighted by Crippen LogP contribution is -2.54. The summed E-state index contributed by atoms with van der Waals surface area (Å²) >= 11 is 0. The van der Waals surface area contributed by atoms with Crippen molar-refractivity contribution in [2.75, 3.05) is 25.0 Å². The lowest BCUT2D eigenvalue weighted by atomic mass is 10.1. The van der Waals surface area contributed by atoms with Gasteiger partial charge in [-0.15, -0.1) is 0 Å². The highest BCUT2D eigenvalue weighted by Crippen LogP contribution is 2.19. The molecule has 0 bridgehead atoms. The van der Waals surface area contributed by atoms with E-state index in [2.05, 4.69) is 15.5 Å². The summed E-state index contributed by atoms with van der Waals surface area (Å²) < 4.78 is 5.70. The third-order valence-corrected chi connectivity index (χ3v) is 4.54. The number of carbonyl (C=O) groups excluding carboxylic acids is 2. The molecule has 1 aromatic carbocycles. The highest BCUT2D eigenvalue weighted by molar-refractivity contribution is 5.96. The predicted molar refractivity (Wildman–Crippen MR) is 98.6 cm³/mol. The number of anilines is 1. The molecule has 2 rings (SSSR count). The zero-order valence-electron chi connectivity index (χ0n) is 15.8. The van der Waals surface area contributed by atoms with Crippen LogP contribution in [-0.2, 0) is 14.3 Å². The number of hydrogen-bond donors (Lipinski definition) is 2. The maximum Gasteiger partial charge on any atom is 0.243 e. The maximum atomic E-state index is 12.4. The van der Waals surface area contributed by atoms with E-state index < -0.39 is 0 Å². The van der Waals surface area contributed by atoms with E-state index >= 15 is 0 Å². The van der Waals surface area contributed by atoms with Crippen molar-refractivity contribution in [2.24, 2.45) is 0 Å². The van der Waals surface area contributed by atoms with Crippen molar-refractivity contribution in [1.29, 1.82) is 0 Å². The Morgan fingerprint density at radius 3 is 2.32 bits per heavy atom. The van der Waals surface area contributed by atoms with Crippen molar-refractivity contribution in [3.63, 3.8) is 0 Å². The molecule has 1 fully saturated rings. The number of benzene rings is 1. The van der Waals surface area contributed by atoms with Gasteiger partial charge in [0.15, 0.2) is 0 Å². The van der Waals surface area contributed by atoms with E-state index in [-0.39, 0.29) is 36.6 Å². The fraction of sp³-hybridized carbons (Fsp3) is 0.579. The van der Waals surface area contributed by atoms with Crippen molar-refractivity contribution in [3.8, 4) is 0 Å². The molecular formula is C19H29N3O3. The number of carbonyl (C=O) groups is 2. The first-order valence-electron chi connectivity index (χ1n) is 8.81. The van der Waals surface area contributed by atoms with E-state index in [1.165, 1.54) is 0 Å². The van der Waals surface area contributed by atoms with Crippen LogP contribution in [0.3, 0.4) is 0 Å². The molecule has 0 aliphatic carbocycles. The van der Waals surface area contributed by atoms with Crippen LogP contribution >= 0.6 is 0 Å². The van der Waals surface area contributed by atoms with E-state index in [9.17, 15) is 9.59 Å². The van der Waals surface area contributed by atoms with Crippen LogP contribution in [0.4, 0.5) is 5.69 Å². The first kappa shape index (κ1) is 19.4. The van der Waals surface area contributed by atoms with Crippen LogP contribution in [0.25, 0.3) is 0 Å². The summed E-state index contributed by atoms with van der Waals surface area (Å²) in [4.78, 5) is 26.6. The molecule has 25 heavy (non-hydrogen) atoms. The number of hydrogen-bond acceptors (Lipinski definition) is 4. The van der Waals surface area contributed by atoms with Gasteiger partial charge in [0.25, 0.3) is 0 Å². The molecule has 6 nitrogen and oxygen atoms in total. The highest BCUT2D eigenvalue weighted by Gasteiger charge is 2.29. The van der Waals surface area contributed by atoms with Crippen LogP contribution in [0.1, 0.15) is 31.9 Å². The molecule has 6 heteroatoms. The summed E-state index contributed by atoms with van der Waals surface area (Å²) in [6, 6.07) is 5.56. The number of rotatable bonds is 5. The molecule has 1 aromatic rings. The molecular weight excluding hydrogens is 318 g/mol. The Hall–Kier alpha value is -1.92. The van der Waals surface area contributed by atoms with Gasteiger partial charge in [0.05, 0.1) is 24.8 Å². The van der Waals surface area contributed by atoms with E-state index in [4.69, 9.17) is 4.74 Å². The molecule has 1 aliphatic rings. The molecule has 0 spiro atoms.